The van der Waals surface area contributed by atoms with Crippen LogP contribution in [-0.2, 0) is 35.3 Å². The standard InChI is InChI=1S/2Na.2H3O4P.5H2O.Zr/c;;2*1-5(2,3)4;;;;;;/h;;2*(H3,1,2,3,4);5*1H2;/q2*+1;;;;;;;;+4/p-6. The molecule has 0 radical (unpaired) electrons. The van der Waals surface area contributed by atoms with Crippen LogP contribution < -0.4 is 88.5 Å². The fourth-order valence-electron chi connectivity index (χ4n) is 0. The van der Waals surface area contributed by atoms with Gasteiger partial charge in [0.2, 0.25) is 0 Å². The zero-order valence-electron chi connectivity index (χ0n) is 9.16. The summed E-state index contributed by atoms with van der Waals surface area (Å²) in [4.78, 5) is 51.3. The molecule has 0 aromatic rings. The minimum Gasteiger partial charge on any atom is -0.822 e. The Morgan fingerprint density at radius 1 is 0.500 bits per heavy atom. The smallest absolute Gasteiger partial charge is 0.822 e. The summed E-state index contributed by atoms with van der Waals surface area (Å²) >= 11 is 0. The number of phosphoric acid groups is 2. The van der Waals surface area contributed by atoms with Crippen LogP contribution in [-0.4, -0.2) is 27.4 Å². The van der Waals surface area contributed by atoms with Gasteiger partial charge in [-0.05, 0) is 0 Å². The van der Waals surface area contributed by atoms with Crippen LogP contribution in [0.1, 0.15) is 0 Å². The SMILES string of the molecule is O.O.O.O.O.O=P([O-])([O-])[O-].O=P([O-])([O-])[O-].[Na+].[Na+].[Zr+4]. The van der Waals surface area contributed by atoms with Crippen molar-refractivity contribution in [1.29, 1.82) is 0 Å². The van der Waals surface area contributed by atoms with Crippen LogP contribution in [0.3, 0.4) is 0 Å². The van der Waals surface area contributed by atoms with Gasteiger partial charge in [0.15, 0.2) is 0 Å². The van der Waals surface area contributed by atoms with Crippen molar-refractivity contribution in [2.75, 3.05) is 0 Å². The van der Waals surface area contributed by atoms with Gasteiger partial charge in [-0.15, -0.1) is 0 Å². The van der Waals surface area contributed by atoms with Gasteiger partial charge in [-0.3, -0.25) is 0 Å². The van der Waals surface area contributed by atoms with Crippen molar-refractivity contribution in [3.05, 3.63) is 0 Å². The quantitative estimate of drug-likeness (QED) is 0.268. The number of hydrogen-bond donors (Lipinski definition) is 0. The minimum absolute atomic E-state index is 0. The molecule has 10 N–H and O–H groups in total. The molecule has 0 aliphatic rings. The fraction of sp³-hybridized carbons (Fsp3) is 0. The average Bonchev–Trinajstić information content (AvgIpc) is 1.12. The van der Waals surface area contributed by atoms with Gasteiger partial charge in [-0.25, -0.2) is 0 Å². The Bertz CT molecular complexity index is 135. The molecule has 0 bridgehead atoms. The van der Waals surface area contributed by atoms with Crippen molar-refractivity contribution in [3.8, 4) is 0 Å². The fourth-order valence-corrected chi connectivity index (χ4v) is 0. The van der Waals surface area contributed by atoms with Gasteiger partial charge in [-0.2, -0.15) is 15.6 Å². The van der Waals surface area contributed by atoms with E-state index in [1.165, 1.54) is 0 Å². The average molecular weight is 417 g/mol. The van der Waals surface area contributed by atoms with Crippen molar-refractivity contribution in [2.45, 2.75) is 0 Å². The van der Waals surface area contributed by atoms with Gasteiger partial charge in [0.05, 0.1) is 0 Å². The summed E-state index contributed by atoms with van der Waals surface area (Å²) in [6, 6.07) is 0. The van der Waals surface area contributed by atoms with E-state index < -0.39 is 15.6 Å². The molecule has 0 unspecified atom stereocenters. The molecule has 18 heavy (non-hydrogen) atoms. The van der Waals surface area contributed by atoms with E-state index in [0.717, 1.165) is 0 Å². The molecule has 0 rings (SSSR count). The normalized spacial score (nSPS) is 6.56. The molecule has 0 spiro atoms. The van der Waals surface area contributed by atoms with E-state index in [0.29, 0.717) is 0 Å². The van der Waals surface area contributed by atoms with Crippen LogP contribution >= 0.6 is 15.6 Å². The maximum atomic E-state index is 8.55. The molecule has 0 saturated carbocycles. The van der Waals surface area contributed by atoms with Gasteiger partial charge in [0.25, 0.3) is 0 Å². The molecule has 0 aliphatic heterocycles. The largest absolute Gasteiger partial charge is 4.00 e. The molecule has 0 aliphatic carbocycles. The van der Waals surface area contributed by atoms with Gasteiger partial charge < -0.3 is 65.9 Å². The van der Waals surface area contributed by atoms with E-state index in [1.807, 2.05) is 0 Å². The van der Waals surface area contributed by atoms with E-state index in [2.05, 4.69) is 0 Å². The Morgan fingerprint density at radius 2 is 0.500 bits per heavy atom. The first-order chi connectivity index (χ1) is 4.00. The molecular weight excluding hydrogens is 407 g/mol. The third-order valence-corrected chi connectivity index (χ3v) is 0. The number of rotatable bonds is 0. The summed E-state index contributed by atoms with van der Waals surface area (Å²) in [5.74, 6) is 0. The molecule has 0 fully saturated rings. The van der Waals surface area contributed by atoms with Gasteiger partial charge in [0, 0.05) is 0 Å². The summed E-state index contributed by atoms with van der Waals surface area (Å²) in [7, 11) is -10.8. The Labute approximate surface area is 165 Å². The van der Waals surface area contributed by atoms with Crippen molar-refractivity contribution < 1.29 is 151 Å². The van der Waals surface area contributed by atoms with E-state index in [-0.39, 0.29) is 113 Å². The van der Waals surface area contributed by atoms with Crippen molar-refractivity contribution in [2.24, 2.45) is 0 Å². The molecule has 18 heteroatoms. The topological polar surface area (TPSA) is 330 Å². The number of hydrogen-bond acceptors (Lipinski definition) is 8. The second kappa shape index (κ2) is 32.0. The third kappa shape index (κ3) is 719. The summed E-state index contributed by atoms with van der Waals surface area (Å²) in [6.45, 7) is 0. The summed E-state index contributed by atoms with van der Waals surface area (Å²) in [6.07, 6.45) is 0. The molecule has 104 valence electrons. The minimum atomic E-state index is -5.39. The summed E-state index contributed by atoms with van der Waals surface area (Å²) in [5, 5.41) is 0. The maximum absolute atomic E-state index is 8.55. The Balaban J connectivity index is -0.00000000615. The zero-order valence-corrected chi connectivity index (χ0v) is 17.4. The van der Waals surface area contributed by atoms with Crippen LogP contribution in [0.2, 0.25) is 0 Å². The molecule has 0 amide bonds. The second-order valence-corrected chi connectivity index (χ2v) is 2.68. The van der Waals surface area contributed by atoms with Crippen LogP contribution in [0, 0.1) is 0 Å². The van der Waals surface area contributed by atoms with E-state index in [9.17, 15) is 0 Å². The van der Waals surface area contributed by atoms with Gasteiger partial charge >= 0.3 is 85.3 Å². The predicted octanol–water partition coefficient (Wildman–Crippen LogP) is -15.8. The first kappa shape index (κ1) is 69.7. The predicted molar refractivity (Wildman–Crippen MR) is 33.3 cm³/mol. The van der Waals surface area contributed by atoms with Crippen LogP contribution in [0.15, 0.2) is 0 Å². The van der Waals surface area contributed by atoms with Crippen LogP contribution in [0.5, 0.6) is 0 Å². The summed E-state index contributed by atoms with van der Waals surface area (Å²) < 4.78 is 17.1. The second-order valence-electron chi connectivity index (χ2n) is 0.894. The Hall–Kier alpha value is 2.90. The molecule has 0 aromatic carbocycles. The molecule has 0 saturated heterocycles. The van der Waals surface area contributed by atoms with Crippen LogP contribution in [0.25, 0.3) is 0 Å². The van der Waals surface area contributed by atoms with Gasteiger partial charge in [-0.1, -0.05) is 0 Å². The molecule has 13 nitrogen and oxygen atoms in total. The molecule has 0 aromatic heterocycles. The van der Waals surface area contributed by atoms with Crippen molar-refractivity contribution in [1.82, 2.24) is 0 Å². The monoisotopic (exact) mass is 416 g/mol. The van der Waals surface area contributed by atoms with E-state index in [4.69, 9.17) is 38.5 Å². The summed E-state index contributed by atoms with van der Waals surface area (Å²) in [5.41, 5.74) is 0. The zero-order chi connectivity index (χ0) is 9.00. The van der Waals surface area contributed by atoms with E-state index in [1.54, 1.807) is 0 Å². The Morgan fingerprint density at radius 3 is 0.500 bits per heavy atom. The molecule has 0 atom stereocenters. The van der Waals surface area contributed by atoms with Crippen molar-refractivity contribution >= 4 is 15.6 Å². The maximum Gasteiger partial charge on any atom is 4.00 e. The first-order valence-corrected chi connectivity index (χ1v) is 4.38. The van der Waals surface area contributed by atoms with E-state index >= 15 is 0 Å². The first-order valence-electron chi connectivity index (χ1n) is 1.46. The molecule has 0 heterocycles. The van der Waals surface area contributed by atoms with Gasteiger partial charge in [0.1, 0.15) is 0 Å². The van der Waals surface area contributed by atoms with Crippen molar-refractivity contribution in [3.63, 3.8) is 0 Å². The Kier molecular flexibility index (Phi) is 124. The third-order valence-electron chi connectivity index (χ3n) is 0. The molecular formula is H10Na2O13P2Zr. The van der Waals surface area contributed by atoms with Crippen LogP contribution in [0.4, 0.5) is 0 Å².